The number of nitrogens with zero attached hydrogens (tertiary/aromatic N) is 1. The minimum absolute atomic E-state index is 0.163. The van der Waals surface area contributed by atoms with Crippen LogP contribution in [0.5, 0.6) is 11.5 Å². The largest absolute Gasteiger partial charge is 0.493 e. The van der Waals surface area contributed by atoms with Crippen LogP contribution in [0.25, 0.3) is 0 Å². The second kappa shape index (κ2) is 10.2. The summed E-state index contributed by atoms with van der Waals surface area (Å²) in [6.45, 7) is 2.18. The van der Waals surface area contributed by atoms with Crippen molar-refractivity contribution in [3.05, 3.63) is 54.1 Å². The molecule has 2 N–H and O–H groups in total. The summed E-state index contributed by atoms with van der Waals surface area (Å²) >= 11 is 0. The van der Waals surface area contributed by atoms with Gasteiger partial charge in [-0.3, -0.25) is 4.79 Å². The second-order valence-electron chi connectivity index (χ2n) is 6.39. The van der Waals surface area contributed by atoms with Gasteiger partial charge < -0.3 is 25.0 Å². The third kappa shape index (κ3) is 5.90. The van der Waals surface area contributed by atoms with Gasteiger partial charge in [-0.15, -0.1) is 0 Å². The molecule has 0 aliphatic heterocycles. The fourth-order valence-electron chi connectivity index (χ4n) is 2.72. The number of anilines is 1. The summed E-state index contributed by atoms with van der Waals surface area (Å²) in [5.74, 6) is 1.16. The van der Waals surface area contributed by atoms with Crippen molar-refractivity contribution in [3.63, 3.8) is 0 Å². The van der Waals surface area contributed by atoms with Crippen molar-refractivity contribution in [2.45, 2.75) is 19.4 Å². The lowest BCUT2D eigenvalue weighted by molar-refractivity contribution is -0.131. The molecule has 3 amide bonds. The van der Waals surface area contributed by atoms with E-state index in [4.69, 9.17) is 9.47 Å². The molecule has 0 aliphatic carbocycles. The number of benzene rings is 2. The number of hydrogen-bond acceptors (Lipinski definition) is 4. The first-order valence-corrected chi connectivity index (χ1v) is 9.03. The number of carbonyl (C=O) groups excluding carboxylic acids is 2. The van der Waals surface area contributed by atoms with Crippen LogP contribution in [0.1, 0.15) is 12.5 Å². The molecule has 7 nitrogen and oxygen atoms in total. The Morgan fingerprint density at radius 3 is 2.36 bits per heavy atom. The average molecular weight is 385 g/mol. The van der Waals surface area contributed by atoms with Gasteiger partial charge in [0.2, 0.25) is 5.91 Å². The number of ether oxygens (including phenoxy) is 2. The maximum Gasteiger partial charge on any atom is 0.319 e. The smallest absolute Gasteiger partial charge is 0.319 e. The Labute approximate surface area is 165 Å². The van der Waals surface area contributed by atoms with Gasteiger partial charge in [0.15, 0.2) is 11.5 Å². The number of nitrogens with one attached hydrogen (secondary N) is 2. The molecule has 2 aromatic rings. The molecular formula is C21H27N3O4. The van der Waals surface area contributed by atoms with E-state index in [1.165, 1.54) is 0 Å². The summed E-state index contributed by atoms with van der Waals surface area (Å²) in [5, 5.41) is 5.36. The van der Waals surface area contributed by atoms with Gasteiger partial charge in [-0.25, -0.2) is 4.79 Å². The van der Waals surface area contributed by atoms with Crippen LogP contribution < -0.4 is 20.1 Å². The van der Waals surface area contributed by atoms with Gasteiger partial charge in [0.05, 0.1) is 14.2 Å². The highest BCUT2D eigenvalue weighted by molar-refractivity contribution is 5.93. The number of methoxy groups -OCH3 is 2. The van der Waals surface area contributed by atoms with E-state index in [0.717, 1.165) is 5.56 Å². The highest BCUT2D eigenvalue weighted by Crippen LogP contribution is 2.27. The zero-order valence-corrected chi connectivity index (χ0v) is 16.7. The summed E-state index contributed by atoms with van der Waals surface area (Å²) in [5.41, 5.74) is 1.70. The standard InChI is InChI=1S/C21H27N3O4/c1-15(22-21(26)23-17-8-6-5-7-9-17)20(25)24(2)13-12-16-10-11-18(27-3)19(14-16)28-4/h5-11,14-15H,12-13H2,1-4H3,(H2,22,23,26). The highest BCUT2D eigenvalue weighted by Gasteiger charge is 2.19. The third-order valence-corrected chi connectivity index (χ3v) is 4.31. The summed E-state index contributed by atoms with van der Waals surface area (Å²) in [6.07, 6.45) is 0.658. The van der Waals surface area contributed by atoms with Gasteiger partial charge in [0, 0.05) is 19.3 Å². The molecule has 0 heterocycles. The fourth-order valence-corrected chi connectivity index (χ4v) is 2.72. The quantitative estimate of drug-likeness (QED) is 0.732. The number of amides is 3. The van der Waals surface area contributed by atoms with E-state index in [1.54, 1.807) is 45.2 Å². The van der Waals surface area contributed by atoms with Gasteiger partial charge in [-0.1, -0.05) is 24.3 Å². The highest BCUT2D eigenvalue weighted by atomic mass is 16.5. The van der Waals surface area contributed by atoms with Crippen LogP contribution in [0.2, 0.25) is 0 Å². The number of carbonyl (C=O) groups is 2. The van der Waals surface area contributed by atoms with Crippen molar-refractivity contribution >= 4 is 17.6 Å². The summed E-state index contributed by atoms with van der Waals surface area (Å²) in [4.78, 5) is 26.2. The maximum atomic E-state index is 12.5. The third-order valence-electron chi connectivity index (χ3n) is 4.31. The van der Waals surface area contributed by atoms with Gasteiger partial charge >= 0.3 is 6.03 Å². The number of urea groups is 1. The van der Waals surface area contributed by atoms with Crippen molar-refractivity contribution in [2.24, 2.45) is 0 Å². The Kier molecular flexibility index (Phi) is 7.68. The monoisotopic (exact) mass is 385 g/mol. The number of rotatable bonds is 8. The molecule has 1 atom stereocenters. The Bertz CT molecular complexity index is 795. The molecule has 1 unspecified atom stereocenters. The summed E-state index contributed by atoms with van der Waals surface area (Å²) in [7, 11) is 4.90. The van der Waals surface area contributed by atoms with Crippen LogP contribution in [0.15, 0.2) is 48.5 Å². The topological polar surface area (TPSA) is 79.9 Å². The molecule has 2 rings (SSSR count). The van der Waals surface area contributed by atoms with E-state index in [-0.39, 0.29) is 5.91 Å². The van der Waals surface area contributed by atoms with Crippen molar-refractivity contribution in [1.29, 1.82) is 0 Å². The minimum Gasteiger partial charge on any atom is -0.493 e. The first-order valence-electron chi connectivity index (χ1n) is 9.03. The lowest BCUT2D eigenvalue weighted by Gasteiger charge is -2.22. The van der Waals surface area contributed by atoms with Crippen LogP contribution in [0.3, 0.4) is 0 Å². The molecule has 28 heavy (non-hydrogen) atoms. The van der Waals surface area contributed by atoms with Gasteiger partial charge in [0.1, 0.15) is 6.04 Å². The number of hydrogen-bond donors (Lipinski definition) is 2. The predicted octanol–water partition coefficient (Wildman–Crippen LogP) is 2.91. The fraction of sp³-hybridized carbons (Fsp3) is 0.333. The zero-order chi connectivity index (χ0) is 20.5. The Hall–Kier alpha value is -3.22. The van der Waals surface area contributed by atoms with Gasteiger partial charge in [-0.05, 0) is 43.2 Å². The molecule has 0 aliphatic rings. The van der Waals surface area contributed by atoms with Crippen molar-refractivity contribution < 1.29 is 19.1 Å². The first-order chi connectivity index (χ1) is 13.4. The molecule has 0 saturated carbocycles. The molecule has 0 fully saturated rings. The second-order valence-corrected chi connectivity index (χ2v) is 6.39. The van der Waals surface area contributed by atoms with Crippen LogP contribution in [0.4, 0.5) is 10.5 Å². The van der Waals surface area contributed by atoms with Gasteiger partial charge in [-0.2, -0.15) is 0 Å². The molecular weight excluding hydrogens is 358 g/mol. The van der Waals surface area contributed by atoms with E-state index in [2.05, 4.69) is 10.6 Å². The summed E-state index contributed by atoms with van der Waals surface area (Å²) in [6, 6.07) is 13.7. The predicted molar refractivity (Wildman–Crippen MR) is 109 cm³/mol. The number of likely N-dealkylation sites (N-methyl/N-ethyl adjacent to an activating group) is 1. The summed E-state index contributed by atoms with van der Waals surface area (Å²) < 4.78 is 10.5. The van der Waals surface area contributed by atoms with Crippen molar-refractivity contribution in [1.82, 2.24) is 10.2 Å². The van der Waals surface area contributed by atoms with E-state index >= 15 is 0 Å². The van der Waals surface area contributed by atoms with E-state index in [1.807, 2.05) is 36.4 Å². The molecule has 0 radical (unpaired) electrons. The Morgan fingerprint density at radius 1 is 1.04 bits per heavy atom. The minimum atomic E-state index is -0.640. The lowest BCUT2D eigenvalue weighted by atomic mass is 10.1. The van der Waals surface area contributed by atoms with Crippen LogP contribution >= 0.6 is 0 Å². The molecule has 0 aromatic heterocycles. The van der Waals surface area contributed by atoms with Gasteiger partial charge in [0.25, 0.3) is 0 Å². The van der Waals surface area contributed by atoms with Crippen LogP contribution in [-0.2, 0) is 11.2 Å². The Balaban J connectivity index is 1.85. The van der Waals surface area contributed by atoms with Crippen molar-refractivity contribution in [3.8, 4) is 11.5 Å². The Morgan fingerprint density at radius 2 is 1.71 bits per heavy atom. The molecule has 0 saturated heterocycles. The molecule has 7 heteroatoms. The SMILES string of the molecule is COc1ccc(CCN(C)C(=O)C(C)NC(=O)Nc2ccccc2)cc1OC. The molecule has 150 valence electrons. The first kappa shape index (κ1) is 21.1. The maximum absolute atomic E-state index is 12.5. The van der Waals surface area contributed by atoms with E-state index < -0.39 is 12.1 Å². The zero-order valence-electron chi connectivity index (χ0n) is 16.7. The molecule has 2 aromatic carbocycles. The molecule has 0 spiro atoms. The number of para-hydroxylation sites is 1. The van der Waals surface area contributed by atoms with Crippen LogP contribution in [0, 0.1) is 0 Å². The van der Waals surface area contributed by atoms with E-state index in [0.29, 0.717) is 30.2 Å². The normalized spacial score (nSPS) is 11.3. The van der Waals surface area contributed by atoms with Crippen LogP contribution in [-0.4, -0.2) is 50.7 Å². The average Bonchev–Trinajstić information content (AvgIpc) is 2.71. The van der Waals surface area contributed by atoms with E-state index in [9.17, 15) is 9.59 Å². The lowest BCUT2D eigenvalue weighted by Crippen LogP contribution is -2.47. The van der Waals surface area contributed by atoms with Crippen molar-refractivity contribution in [2.75, 3.05) is 33.1 Å². The molecule has 0 bridgehead atoms.